The van der Waals surface area contributed by atoms with Crippen LogP contribution in [-0.2, 0) is 13.6 Å². The lowest BCUT2D eigenvalue weighted by Crippen LogP contribution is -2.25. The second kappa shape index (κ2) is 5.34. The Kier molecular flexibility index (Phi) is 3.54. The van der Waals surface area contributed by atoms with Gasteiger partial charge in [-0.15, -0.1) is 0 Å². The maximum absolute atomic E-state index is 13.4. The number of aromatic nitrogens is 2. The molecule has 5 heteroatoms. The number of aliphatic hydroxyl groups is 1. The van der Waals surface area contributed by atoms with Crippen molar-refractivity contribution in [2.75, 3.05) is 6.54 Å². The van der Waals surface area contributed by atoms with E-state index in [-0.39, 0.29) is 18.0 Å². The van der Waals surface area contributed by atoms with Gasteiger partial charge >= 0.3 is 0 Å². The number of nitrogens with zero attached hydrogens (tertiary/aromatic N) is 3. The normalized spacial score (nSPS) is 23.4. The third-order valence-electron chi connectivity index (χ3n) is 3.90. The number of halogens is 1. The van der Waals surface area contributed by atoms with Gasteiger partial charge < -0.3 is 9.67 Å². The first-order valence-corrected chi connectivity index (χ1v) is 6.76. The van der Waals surface area contributed by atoms with Crippen LogP contribution in [0.3, 0.4) is 0 Å². The smallest absolute Gasteiger partial charge is 0.123 e. The largest absolute Gasteiger partial charge is 0.392 e. The average molecular weight is 275 g/mol. The Balaban J connectivity index is 1.83. The number of hydrogen-bond acceptors (Lipinski definition) is 3. The molecule has 4 nitrogen and oxygen atoms in total. The zero-order valence-corrected chi connectivity index (χ0v) is 11.4. The van der Waals surface area contributed by atoms with Crippen molar-refractivity contribution >= 4 is 0 Å². The molecule has 1 aliphatic heterocycles. The molecule has 2 aromatic rings. The van der Waals surface area contributed by atoms with Crippen LogP contribution in [0.2, 0.25) is 0 Å². The quantitative estimate of drug-likeness (QED) is 0.929. The first-order valence-electron chi connectivity index (χ1n) is 6.76. The minimum absolute atomic E-state index is 0.0515. The molecule has 1 fully saturated rings. The topological polar surface area (TPSA) is 41.3 Å². The lowest BCUT2D eigenvalue weighted by molar-refractivity contribution is 0.171. The van der Waals surface area contributed by atoms with E-state index in [4.69, 9.17) is 0 Å². The molecule has 2 unspecified atom stereocenters. The van der Waals surface area contributed by atoms with E-state index in [0.29, 0.717) is 19.5 Å². The summed E-state index contributed by atoms with van der Waals surface area (Å²) in [5, 5.41) is 9.94. The standard InChI is InChI=1S/C15H18FN3O/c1-18-10-17-7-13(18)8-19-9-14(20)6-15(19)11-3-2-4-12(16)5-11/h2-5,7,10,14-15,20H,6,8-9H2,1H3. The fourth-order valence-corrected chi connectivity index (χ4v) is 2.86. The van der Waals surface area contributed by atoms with Crippen LogP contribution >= 0.6 is 0 Å². The van der Waals surface area contributed by atoms with Gasteiger partial charge in [-0.25, -0.2) is 9.37 Å². The average Bonchev–Trinajstić information content (AvgIpc) is 2.97. The highest BCUT2D eigenvalue weighted by Gasteiger charge is 2.32. The Morgan fingerprint density at radius 3 is 3.00 bits per heavy atom. The van der Waals surface area contributed by atoms with Gasteiger partial charge in [0.15, 0.2) is 0 Å². The number of β-amino-alcohol motifs (C(OH)–C–C–N with tert-alkyl or cyclic N) is 1. The molecule has 0 bridgehead atoms. The molecule has 1 saturated heterocycles. The monoisotopic (exact) mass is 275 g/mol. The van der Waals surface area contributed by atoms with Crippen molar-refractivity contribution in [2.45, 2.75) is 25.1 Å². The third kappa shape index (κ3) is 2.59. The summed E-state index contributed by atoms with van der Waals surface area (Å²) in [6.07, 6.45) is 3.87. The zero-order chi connectivity index (χ0) is 14.1. The van der Waals surface area contributed by atoms with Crippen molar-refractivity contribution in [2.24, 2.45) is 7.05 Å². The molecule has 0 saturated carbocycles. The number of hydrogen-bond donors (Lipinski definition) is 1. The summed E-state index contributed by atoms with van der Waals surface area (Å²) in [7, 11) is 1.95. The predicted molar refractivity (Wildman–Crippen MR) is 73.4 cm³/mol. The minimum atomic E-state index is -0.364. The second-order valence-corrected chi connectivity index (χ2v) is 5.39. The highest BCUT2D eigenvalue weighted by molar-refractivity contribution is 5.22. The highest BCUT2D eigenvalue weighted by atomic mass is 19.1. The summed E-state index contributed by atoms with van der Waals surface area (Å²) < 4.78 is 15.4. The van der Waals surface area contributed by atoms with E-state index in [1.165, 1.54) is 6.07 Å². The SMILES string of the molecule is Cn1cncc1CN1CC(O)CC1c1cccc(F)c1. The van der Waals surface area contributed by atoms with Crippen LogP contribution < -0.4 is 0 Å². The van der Waals surface area contributed by atoms with Gasteiger partial charge in [-0.2, -0.15) is 0 Å². The number of benzene rings is 1. The third-order valence-corrected chi connectivity index (χ3v) is 3.90. The minimum Gasteiger partial charge on any atom is -0.392 e. The van der Waals surface area contributed by atoms with Crippen LogP contribution in [0.25, 0.3) is 0 Å². The van der Waals surface area contributed by atoms with E-state index in [9.17, 15) is 9.50 Å². The van der Waals surface area contributed by atoms with Crippen LogP contribution in [0.1, 0.15) is 23.7 Å². The van der Waals surface area contributed by atoms with Gasteiger partial charge in [0.05, 0.1) is 18.1 Å². The fraction of sp³-hybridized carbons (Fsp3) is 0.400. The Hall–Kier alpha value is -1.72. The summed E-state index contributed by atoms with van der Waals surface area (Å²) in [5.41, 5.74) is 2.00. The van der Waals surface area contributed by atoms with Gasteiger partial charge in [-0.1, -0.05) is 12.1 Å². The van der Waals surface area contributed by atoms with Crippen molar-refractivity contribution in [1.82, 2.24) is 14.5 Å². The lowest BCUT2D eigenvalue weighted by atomic mass is 10.0. The lowest BCUT2D eigenvalue weighted by Gasteiger charge is -2.24. The van der Waals surface area contributed by atoms with E-state index in [0.717, 1.165) is 11.3 Å². The number of imidazole rings is 1. The molecule has 0 radical (unpaired) electrons. The van der Waals surface area contributed by atoms with Crippen LogP contribution in [-0.4, -0.2) is 32.2 Å². The fourth-order valence-electron chi connectivity index (χ4n) is 2.86. The predicted octanol–water partition coefficient (Wildman–Crippen LogP) is 1.87. The number of rotatable bonds is 3. The molecule has 2 atom stereocenters. The molecule has 106 valence electrons. The van der Waals surface area contributed by atoms with Crippen molar-refractivity contribution < 1.29 is 9.50 Å². The van der Waals surface area contributed by atoms with Gasteiger partial charge in [0.25, 0.3) is 0 Å². The first kappa shape index (κ1) is 13.3. The number of aryl methyl sites for hydroxylation is 1. The number of aliphatic hydroxyl groups excluding tert-OH is 1. The van der Waals surface area contributed by atoms with E-state index in [1.807, 2.05) is 23.9 Å². The van der Waals surface area contributed by atoms with Crippen molar-refractivity contribution in [1.29, 1.82) is 0 Å². The molecule has 1 aromatic carbocycles. The molecule has 1 aliphatic rings. The molecular formula is C15H18FN3O. The number of likely N-dealkylation sites (tertiary alicyclic amines) is 1. The maximum Gasteiger partial charge on any atom is 0.123 e. The zero-order valence-electron chi connectivity index (χ0n) is 11.4. The van der Waals surface area contributed by atoms with Gasteiger partial charge in [0.1, 0.15) is 5.82 Å². The van der Waals surface area contributed by atoms with Crippen molar-refractivity contribution in [3.8, 4) is 0 Å². The second-order valence-electron chi connectivity index (χ2n) is 5.39. The van der Waals surface area contributed by atoms with Gasteiger partial charge in [0.2, 0.25) is 0 Å². The first-order chi connectivity index (χ1) is 9.63. The van der Waals surface area contributed by atoms with Gasteiger partial charge in [-0.05, 0) is 24.1 Å². The van der Waals surface area contributed by atoms with E-state index < -0.39 is 0 Å². The van der Waals surface area contributed by atoms with Crippen LogP contribution in [0, 0.1) is 5.82 Å². The molecule has 2 heterocycles. The van der Waals surface area contributed by atoms with Crippen LogP contribution in [0.4, 0.5) is 4.39 Å². The molecule has 0 amide bonds. The van der Waals surface area contributed by atoms with Crippen LogP contribution in [0.5, 0.6) is 0 Å². The molecule has 1 N–H and O–H groups in total. The van der Waals surface area contributed by atoms with E-state index in [1.54, 1.807) is 18.5 Å². The van der Waals surface area contributed by atoms with Crippen LogP contribution in [0.15, 0.2) is 36.8 Å². The van der Waals surface area contributed by atoms with E-state index in [2.05, 4.69) is 9.88 Å². The molecule has 1 aromatic heterocycles. The molecular weight excluding hydrogens is 257 g/mol. The van der Waals surface area contributed by atoms with Crippen molar-refractivity contribution in [3.63, 3.8) is 0 Å². The van der Waals surface area contributed by atoms with Gasteiger partial charge in [-0.3, -0.25) is 4.90 Å². The maximum atomic E-state index is 13.4. The Morgan fingerprint density at radius 1 is 1.45 bits per heavy atom. The molecule has 0 spiro atoms. The summed E-state index contributed by atoms with van der Waals surface area (Å²) in [6.45, 7) is 1.31. The van der Waals surface area contributed by atoms with Gasteiger partial charge in [0, 0.05) is 32.4 Å². The molecule has 3 rings (SSSR count). The molecule has 0 aliphatic carbocycles. The Labute approximate surface area is 117 Å². The van der Waals surface area contributed by atoms with E-state index >= 15 is 0 Å². The summed E-state index contributed by atoms with van der Waals surface area (Å²) in [4.78, 5) is 6.29. The summed E-state index contributed by atoms with van der Waals surface area (Å²) in [5.74, 6) is -0.232. The van der Waals surface area contributed by atoms with Crippen molar-refractivity contribution in [3.05, 3.63) is 53.9 Å². The Morgan fingerprint density at radius 2 is 2.30 bits per heavy atom. The highest BCUT2D eigenvalue weighted by Crippen LogP contribution is 2.33. The molecule has 20 heavy (non-hydrogen) atoms. The Bertz CT molecular complexity index is 598. The summed E-state index contributed by atoms with van der Waals surface area (Å²) >= 11 is 0. The summed E-state index contributed by atoms with van der Waals surface area (Å²) in [6, 6.07) is 6.69.